The minimum atomic E-state index is -0.138. The summed E-state index contributed by atoms with van der Waals surface area (Å²) in [6.45, 7) is 6.51. The molecular formula is C19H25N5O2S. The molecule has 0 radical (unpaired) electrons. The lowest BCUT2D eigenvalue weighted by Gasteiger charge is -2.21. The maximum Gasteiger partial charge on any atom is 0.280 e. The van der Waals surface area contributed by atoms with Crippen LogP contribution < -0.4 is 9.64 Å². The molecule has 7 nitrogen and oxygen atoms in total. The lowest BCUT2D eigenvalue weighted by atomic mass is 10.3. The number of anilines is 1. The molecule has 8 heteroatoms. The Balaban J connectivity index is 1.98. The molecule has 0 unspecified atom stereocenters. The minimum Gasteiger partial charge on any atom is -0.492 e. The van der Waals surface area contributed by atoms with Crippen LogP contribution in [0.4, 0.5) is 5.13 Å². The number of hydrogen-bond acceptors (Lipinski definition) is 6. The fourth-order valence-corrected chi connectivity index (χ4v) is 3.68. The SMILES string of the molecule is CCOc1cccc2sc(N(CCN(C)C)C(=O)c3ccn(CC)n3)nc12. The number of carbonyl (C=O) groups excluding carboxylic acids is 1. The molecule has 3 rings (SSSR count). The number of hydrogen-bond donors (Lipinski definition) is 0. The highest BCUT2D eigenvalue weighted by Crippen LogP contribution is 2.34. The molecule has 2 heterocycles. The van der Waals surface area contributed by atoms with E-state index in [1.165, 1.54) is 11.3 Å². The van der Waals surface area contributed by atoms with Gasteiger partial charge in [-0.3, -0.25) is 14.4 Å². The second kappa shape index (κ2) is 8.49. The normalized spacial score (nSPS) is 11.3. The summed E-state index contributed by atoms with van der Waals surface area (Å²) in [5.74, 6) is 0.605. The van der Waals surface area contributed by atoms with Crippen LogP contribution in [0.3, 0.4) is 0 Å². The van der Waals surface area contributed by atoms with Gasteiger partial charge in [-0.15, -0.1) is 0 Å². The van der Waals surface area contributed by atoms with E-state index in [9.17, 15) is 4.79 Å². The summed E-state index contributed by atoms with van der Waals surface area (Å²) in [4.78, 5) is 21.6. The summed E-state index contributed by atoms with van der Waals surface area (Å²) >= 11 is 1.49. The van der Waals surface area contributed by atoms with E-state index >= 15 is 0 Å². The first-order valence-electron chi connectivity index (χ1n) is 9.05. The lowest BCUT2D eigenvalue weighted by molar-refractivity contribution is 0.0979. The van der Waals surface area contributed by atoms with Crippen molar-refractivity contribution in [2.75, 3.05) is 38.7 Å². The van der Waals surface area contributed by atoms with Gasteiger partial charge in [-0.05, 0) is 46.1 Å². The highest BCUT2D eigenvalue weighted by molar-refractivity contribution is 7.22. The molecule has 1 aromatic carbocycles. The number of amides is 1. The highest BCUT2D eigenvalue weighted by atomic mass is 32.1. The molecule has 0 spiro atoms. The van der Waals surface area contributed by atoms with Gasteiger partial charge in [-0.1, -0.05) is 17.4 Å². The molecule has 3 aromatic rings. The Morgan fingerprint density at radius 2 is 2.04 bits per heavy atom. The van der Waals surface area contributed by atoms with Crippen LogP contribution in [0.1, 0.15) is 24.3 Å². The molecule has 1 amide bonds. The van der Waals surface area contributed by atoms with Crippen molar-refractivity contribution < 1.29 is 9.53 Å². The van der Waals surface area contributed by atoms with Gasteiger partial charge in [0.25, 0.3) is 5.91 Å². The molecule has 0 N–H and O–H groups in total. The van der Waals surface area contributed by atoms with E-state index in [2.05, 4.69) is 5.10 Å². The first kappa shape index (κ1) is 19.3. The zero-order chi connectivity index (χ0) is 19.4. The number of benzene rings is 1. The standard InChI is InChI=1S/C19H25N5O2S/c1-5-23-11-10-14(21-23)18(25)24(13-12-22(3)4)19-20-17-15(26-6-2)8-7-9-16(17)27-19/h7-11H,5-6,12-13H2,1-4H3. The van der Waals surface area contributed by atoms with E-state index in [1.54, 1.807) is 15.6 Å². The monoisotopic (exact) mass is 387 g/mol. The molecule has 144 valence electrons. The fraction of sp³-hybridized carbons (Fsp3) is 0.421. The zero-order valence-electron chi connectivity index (χ0n) is 16.2. The largest absolute Gasteiger partial charge is 0.492 e. The molecule has 0 aliphatic carbocycles. The molecule has 0 aliphatic heterocycles. The number of ether oxygens (including phenoxy) is 1. The number of aromatic nitrogens is 3. The number of nitrogens with zero attached hydrogens (tertiary/aromatic N) is 5. The van der Waals surface area contributed by atoms with Gasteiger partial charge < -0.3 is 9.64 Å². The third-order valence-electron chi connectivity index (χ3n) is 4.10. The van der Waals surface area contributed by atoms with Crippen LogP contribution in [0.5, 0.6) is 5.75 Å². The topological polar surface area (TPSA) is 63.5 Å². The summed E-state index contributed by atoms with van der Waals surface area (Å²) < 4.78 is 8.44. The van der Waals surface area contributed by atoms with Crippen molar-refractivity contribution in [3.05, 3.63) is 36.2 Å². The van der Waals surface area contributed by atoms with Crippen molar-refractivity contribution in [3.8, 4) is 5.75 Å². The number of thiazole rings is 1. The highest BCUT2D eigenvalue weighted by Gasteiger charge is 2.24. The average molecular weight is 388 g/mol. The molecule has 27 heavy (non-hydrogen) atoms. The third kappa shape index (κ3) is 4.28. The van der Waals surface area contributed by atoms with Crippen LogP contribution in [0.15, 0.2) is 30.5 Å². The Kier molecular flexibility index (Phi) is 6.08. The van der Waals surface area contributed by atoms with E-state index in [0.29, 0.717) is 24.0 Å². The number of aryl methyl sites for hydroxylation is 1. The van der Waals surface area contributed by atoms with Crippen LogP contribution in [0.25, 0.3) is 10.2 Å². The molecule has 0 aliphatic rings. The van der Waals surface area contributed by atoms with Gasteiger partial charge >= 0.3 is 0 Å². The van der Waals surface area contributed by atoms with E-state index < -0.39 is 0 Å². The number of rotatable bonds is 8. The van der Waals surface area contributed by atoms with Crippen LogP contribution in [0.2, 0.25) is 0 Å². The fourth-order valence-electron chi connectivity index (χ4n) is 2.67. The Morgan fingerprint density at radius 1 is 1.22 bits per heavy atom. The van der Waals surface area contributed by atoms with E-state index in [0.717, 1.165) is 29.1 Å². The van der Waals surface area contributed by atoms with Gasteiger partial charge in [0, 0.05) is 25.8 Å². The Labute approximate surface area is 163 Å². The molecule has 2 aromatic heterocycles. The van der Waals surface area contributed by atoms with Crippen LogP contribution in [-0.2, 0) is 6.54 Å². The van der Waals surface area contributed by atoms with E-state index in [4.69, 9.17) is 9.72 Å². The van der Waals surface area contributed by atoms with Crippen LogP contribution in [0, 0.1) is 0 Å². The van der Waals surface area contributed by atoms with Gasteiger partial charge in [0.1, 0.15) is 11.3 Å². The molecule has 0 saturated carbocycles. The van der Waals surface area contributed by atoms with Crippen molar-refractivity contribution in [1.29, 1.82) is 0 Å². The van der Waals surface area contributed by atoms with E-state index in [-0.39, 0.29) is 5.91 Å². The van der Waals surface area contributed by atoms with Crippen molar-refractivity contribution in [1.82, 2.24) is 19.7 Å². The van der Waals surface area contributed by atoms with E-state index in [1.807, 2.05) is 57.2 Å². The Bertz CT molecular complexity index is 918. The quantitative estimate of drug-likeness (QED) is 0.594. The van der Waals surface area contributed by atoms with Gasteiger partial charge in [0.05, 0.1) is 11.3 Å². The summed E-state index contributed by atoms with van der Waals surface area (Å²) in [6, 6.07) is 7.61. The summed E-state index contributed by atoms with van der Waals surface area (Å²) in [6.07, 6.45) is 1.82. The zero-order valence-corrected chi connectivity index (χ0v) is 17.0. The first-order valence-corrected chi connectivity index (χ1v) is 9.87. The third-order valence-corrected chi connectivity index (χ3v) is 5.14. The predicted octanol–water partition coefficient (Wildman–Crippen LogP) is 3.12. The molecule has 0 fully saturated rings. The molecule has 0 atom stereocenters. The second-order valence-electron chi connectivity index (χ2n) is 6.35. The summed E-state index contributed by atoms with van der Waals surface area (Å²) in [5.41, 5.74) is 1.22. The molecular weight excluding hydrogens is 362 g/mol. The van der Waals surface area contributed by atoms with Gasteiger partial charge in [0.15, 0.2) is 10.8 Å². The lowest BCUT2D eigenvalue weighted by Crippen LogP contribution is -2.37. The van der Waals surface area contributed by atoms with Crippen LogP contribution >= 0.6 is 11.3 Å². The van der Waals surface area contributed by atoms with Crippen molar-refractivity contribution in [2.24, 2.45) is 0 Å². The maximum atomic E-state index is 13.1. The Morgan fingerprint density at radius 3 is 2.70 bits per heavy atom. The van der Waals surface area contributed by atoms with Gasteiger partial charge in [-0.2, -0.15) is 5.10 Å². The second-order valence-corrected chi connectivity index (χ2v) is 7.36. The molecule has 0 saturated heterocycles. The van der Waals surface area contributed by atoms with Crippen molar-refractivity contribution >= 4 is 32.6 Å². The summed E-state index contributed by atoms with van der Waals surface area (Å²) in [5, 5.41) is 5.03. The minimum absolute atomic E-state index is 0.138. The summed E-state index contributed by atoms with van der Waals surface area (Å²) in [7, 11) is 3.97. The predicted molar refractivity (Wildman–Crippen MR) is 109 cm³/mol. The Hall–Kier alpha value is -2.45. The average Bonchev–Trinajstić information content (AvgIpc) is 3.29. The maximum absolute atomic E-state index is 13.1. The van der Waals surface area contributed by atoms with Crippen molar-refractivity contribution in [2.45, 2.75) is 20.4 Å². The van der Waals surface area contributed by atoms with Gasteiger partial charge in [0.2, 0.25) is 0 Å². The number of carbonyl (C=O) groups is 1. The first-order chi connectivity index (χ1) is 13.0. The number of fused-ring (bicyclic) bond motifs is 1. The van der Waals surface area contributed by atoms with Crippen molar-refractivity contribution in [3.63, 3.8) is 0 Å². The number of likely N-dealkylation sites (N-methyl/N-ethyl adjacent to an activating group) is 1. The van der Waals surface area contributed by atoms with Crippen LogP contribution in [-0.4, -0.2) is 59.4 Å². The molecule has 0 bridgehead atoms. The van der Waals surface area contributed by atoms with Gasteiger partial charge in [-0.25, -0.2) is 4.98 Å². The smallest absolute Gasteiger partial charge is 0.280 e. The number of para-hydroxylation sites is 1.